The molecule has 0 fully saturated rings. The van der Waals surface area contributed by atoms with Crippen molar-refractivity contribution in [2.75, 3.05) is 37.4 Å². The molecular formula is C12H17FN2O4S. The highest BCUT2D eigenvalue weighted by Crippen LogP contribution is 2.18. The molecule has 0 spiro atoms. The number of rotatable bonds is 7. The molecule has 1 aromatic carbocycles. The molecule has 0 aliphatic heterocycles. The third-order valence-electron chi connectivity index (χ3n) is 2.41. The van der Waals surface area contributed by atoms with Crippen molar-refractivity contribution in [1.82, 2.24) is 5.32 Å². The van der Waals surface area contributed by atoms with Crippen molar-refractivity contribution in [3.63, 3.8) is 0 Å². The maximum atomic E-state index is 13.2. The molecule has 0 unspecified atom stereocenters. The minimum Gasteiger partial charge on any atom is -0.383 e. The highest BCUT2D eigenvalue weighted by Gasteiger charge is 2.20. The average Bonchev–Trinajstić information content (AvgIpc) is 2.35. The van der Waals surface area contributed by atoms with Gasteiger partial charge < -0.3 is 10.1 Å². The molecule has 112 valence electrons. The molecule has 6 nitrogen and oxygen atoms in total. The van der Waals surface area contributed by atoms with E-state index in [1.807, 2.05) is 0 Å². The third-order valence-corrected chi connectivity index (χ3v) is 3.55. The highest BCUT2D eigenvalue weighted by atomic mass is 32.2. The zero-order chi connectivity index (χ0) is 15.2. The fraction of sp³-hybridized carbons (Fsp3) is 0.417. The van der Waals surface area contributed by atoms with Crippen molar-refractivity contribution in [3.05, 3.63) is 30.1 Å². The summed E-state index contributed by atoms with van der Waals surface area (Å²) in [5.41, 5.74) is 0.106. The van der Waals surface area contributed by atoms with Crippen LogP contribution in [0.4, 0.5) is 10.1 Å². The average molecular weight is 304 g/mol. The first-order valence-corrected chi connectivity index (χ1v) is 7.68. The molecule has 0 heterocycles. The first-order valence-electron chi connectivity index (χ1n) is 5.83. The number of methoxy groups -OCH3 is 1. The maximum Gasteiger partial charge on any atom is 0.240 e. The van der Waals surface area contributed by atoms with Crippen LogP contribution in [-0.2, 0) is 19.6 Å². The number of hydrogen-bond acceptors (Lipinski definition) is 4. The van der Waals surface area contributed by atoms with E-state index < -0.39 is 28.3 Å². The lowest BCUT2D eigenvalue weighted by Gasteiger charge is -2.21. The van der Waals surface area contributed by atoms with Crippen molar-refractivity contribution < 1.29 is 22.3 Å². The Hall–Kier alpha value is -1.67. The quantitative estimate of drug-likeness (QED) is 0.738. The molecule has 0 aliphatic carbocycles. The zero-order valence-corrected chi connectivity index (χ0v) is 12.1. The Labute approximate surface area is 117 Å². The van der Waals surface area contributed by atoms with Crippen molar-refractivity contribution in [1.29, 1.82) is 0 Å². The molecule has 0 aromatic heterocycles. The van der Waals surface area contributed by atoms with E-state index in [4.69, 9.17) is 4.74 Å². The van der Waals surface area contributed by atoms with Gasteiger partial charge >= 0.3 is 0 Å². The predicted molar refractivity (Wildman–Crippen MR) is 73.5 cm³/mol. The third kappa shape index (κ3) is 5.14. The number of hydrogen-bond donors (Lipinski definition) is 1. The van der Waals surface area contributed by atoms with Gasteiger partial charge in [0.2, 0.25) is 15.9 Å². The molecular weight excluding hydrogens is 287 g/mol. The Morgan fingerprint density at radius 1 is 1.45 bits per heavy atom. The summed E-state index contributed by atoms with van der Waals surface area (Å²) in [7, 11) is -2.20. The highest BCUT2D eigenvalue weighted by molar-refractivity contribution is 7.92. The van der Waals surface area contributed by atoms with E-state index in [-0.39, 0.29) is 12.2 Å². The Balaban J connectivity index is 2.84. The van der Waals surface area contributed by atoms with Gasteiger partial charge in [-0.2, -0.15) is 0 Å². The van der Waals surface area contributed by atoms with Gasteiger partial charge in [0.25, 0.3) is 0 Å². The van der Waals surface area contributed by atoms with Gasteiger partial charge in [-0.25, -0.2) is 12.8 Å². The van der Waals surface area contributed by atoms with E-state index in [1.54, 1.807) is 0 Å². The lowest BCUT2D eigenvalue weighted by molar-refractivity contribution is -0.119. The largest absolute Gasteiger partial charge is 0.383 e. The summed E-state index contributed by atoms with van der Waals surface area (Å²) < 4.78 is 42.2. The van der Waals surface area contributed by atoms with Gasteiger partial charge in [0.05, 0.1) is 18.6 Å². The number of carbonyl (C=O) groups excluding carboxylic acids is 1. The van der Waals surface area contributed by atoms with E-state index >= 15 is 0 Å². The molecule has 1 amide bonds. The minimum absolute atomic E-state index is 0.106. The summed E-state index contributed by atoms with van der Waals surface area (Å²) in [5.74, 6) is -1.06. The zero-order valence-electron chi connectivity index (χ0n) is 11.3. The number of nitrogens with one attached hydrogen (secondary N) is 1. The molecule has 0 radical (unpaired) electrons. The molecule has 1 N–H and O–H groups in total. The summed E-state index contributed by atoms with van der Waals surface area (Å²) in [6.07, 6.45) is 0.959. The van der Waals surface area contributed by atoms with E-state index in [2.05, 4.69) is 5.32 Å². The second-order valence-electron chi connectivity index (χ2n) is 4.09. The Kier molecular flexibility index (Phi) is 5.90. The van der Waals surface area contributed by atoms with Crippen LogP contribution in [0.5, 0.6) is 0 Å². The second-order valence-corrected chi connectivity index (χ2v) is 6.00. The lowest BCUT2D eigenvalue weighted by atomic mass is 10.3. The van der Waals surface area contributed by atoms with Gasteiger partial charge in [-0.3, -0.25) is 9.10 Å². The molecule has 0 atom stereocenters. The standard InChI is InChI=1S/C12H17FN2O4S/c1-19-7-6-14-12(16)9-15(20(2,17)18)11-5-3-4-10(13)8-11/h3-5,8H,6-7,9H2,1-2H3,(H,14,16). The van der Waals surface area contributed by atoms with Gasteiger partial charge in [0.15, 0.2) is 0 Å². The fourth-order valence-electron chi connectivity index (χ4n) is 1.51. The van der Waals surface area contributed by atoms with Gasteiger partial charge in [0, 0.05) is 13.7 Å². The van der Waals surface area contributed by atoms with E-state index in [9.17, 15) is 17.6 Å². The van der Waals surface area contributed by atoms with Crippen LogP contribution in [0, 0.1) is 5.82 Å². The summed E-state index contributed by atoms with van der Waals surface area (Å²) in [5, 5.41) is 2.51. The van der Waals surface area contributed by atoms with Crippen molar-refractivity contribution >= 4 is 21.6 Å². The lowest BCUT2D eigenvalue weighted by Crippen LogP contribution is -2.41. The number of benzene rings is 1. The van der Waals surface area contributed by atoms with E-state index in [0.717, 1.165) is 16.6 Å². The molecule has 1 rings (SSSR count). The topological polar surface area (TPSA) is 75.7 Å². The fourth-order valence-corrected chi connectivity index (χ4v) is 2.36. The maximum absolute atomic E-state index is 13.2. The number of carbonyl (C=O) groups is 1. The van der Waals surface area contributed by atoms with E-state index in [1.165, 1.54) is 25.3 Å². The first-order chi connectivity index (χ1) is 9.34. The molecule has 0 bridgehead atoms. The van der Waals surface area contributed by atoms with Gasteiger partial charge in [-0.1, -0.05) is 6.07 Å². The molecule has 0 saturated carbocycles. The smallest absolute Gasteiger partial charge is 0.240 e. The van der Waals surface area contributed by atoms with Crippen molar-refractivity contribution in [2.24, 2.45) is 0 Å². The van der Waals surface area contributed by atoms with Gasteiger partial charge in [-0.05, 0) is 18.2 Å². The van der Waals surface area contributed by atoms with E-state index in [0.29, 0.717) is 6.61 Å². The summed E-state index contributed by atoms with van der Waals surface area (Å²) in [6.45, 7) is 0.187. The molecule has 1 aromatic rings. The van der Waals surface area contributed by atoms with Crippen molar-refractivity contribution in [3.8, 4) is 0 Å². The number of halogens is 1. The summed E-state index contributed by atoms with van der Waals surface area (Å²) >= 11 is 0. The van der Waals surface area contributed by atoms with Crippen LogP contribution < -0.4 is 9.62 Å². The van der Waals surface area contributed by atoms with Crippen molar-refractivity contribution in [2.45, 2.75) is 0 Å². The van der Waals surface area contributed by atoms with Crippen LogP contribution >= 0.6 is 0 Å². The van der Waals surface area contributed by atoms with Crippen LogP contribution in [0.3, 0.4) is 0 Å². The number of ether oxygens (including phenoxy) is 1. The first kappa shape index (κ1) is 16.4. The molecule has 20 heavy (non-hydrogen) atoms. The molecule has 0 saturated heterocycles. The minimum atomic E-state index is -3.69. The van der Waals surface area contributed by atoms with Crippen LogP contribution in [0.2, 0.25) is 0 Å². The Morgan fingerprint density at radius 3 is 2.70 bits per heavy atom. The molecule has 8 heteroatoms. The SMILES string of the molecule is COCCNC(=O)CN(c1cccc(F)c1)S(C)(=O)=O. The second kappa shape index (κ2) is 7.20. The monoisotopic (exact) mass is 304 g/mol. The van der Waals surface area contributed by atoms with Crippen LogP contribution in [0.15, 0.2) is 24.3 Å². The van der Waals surface area contributed by atoms with Crippen LogP contribution in [-0.4, -0.2) is 47.4 Å². The van der Waals surface area contributed by atoms with Crippen LogP contribution in [0.25, 0.3) is 0 Å². The van der Waals surface area contributed by atoms with Crippen LogP contribution in [0.1, 0.15) is 0 Å². The molecule has 0 aliphatic rings. The summed E-state index contributed by atoms with van der Waals surface area (Å²) in [6, 6.07) is 5.06. The number of sulfonamides is 1. The Morgan fingerprint density at radius 2 is 2.15 bits per heavy atom. The number of nitrogens with zero attached hydrogens (tertiary/aromatic N) is 1. The Bertz CT molecular complexity index is 562. The summed E-state index contributed by atoms with van der Waals surface area (Å²) in [4.78, 5) is 11.7. The number of anilines is 1. The predicted octanol–water partition coefficient (Wildman–Crippen LogP) is 0.354. The number of amides is 1. The van der Waals surface area contributed by atoms with Gasteiger partial charge in [-0.15, -0.1) is 0 Å². The normalized spacial score (nSPS) is 11.2. The van der Waals surface area contributed by atoms with Gasteiger partial charge in [0.1, 0.15) is 12.4 Å².